The van der Waals surface area contributed by atoms with Gasteiger partial charge in [0.05, 0.1) is 15.0 Å². The van der Waals surface area contributed by atoms with E-state index >= 15 is 0 Å². The molecule has 0 radical (unpaired) electrons. The molecule has 0 spiro atoms. The third kappa shape index (κ3) is 3.78. The Bertz CT molecular complexity index is 578. The number of nitrogens with one attached hydrogen (secondary N) is 1. The van der Waals surface area contributed by atoms with Crippen LogP contribution in [0.15, 0.2) is 39.9 Å². The van der Waals surface area contributed by atoms with E-state index in [2.05, 4.69) is 44.3 Å². The SMILES string of the molecule is CCNC(CS(=O)c1cccs1)c1ccc(C)cc1C. The van der Waals surface area contributed by atoms with Crippen LogP contribution in [-0.2, 0) is 10.8 Å². The predicted molar refractivity (Wildman–Crippen MR) is 87.9 cm³/mol. The van der Waals surface area contributed by atoms with Crippen LogP contribution < -0.4 is 5.32 Å². The number of thiophene rings is 1. The first-order chi connectivity index (χ1) is 9.61. The van der Waals surface area contributed by atoms with Gasteiger partial charge in [-0.3, -0.25) is 4.21 Å². The molecule has 2 unspecified atom stereocenters. The molecule has 4 heteroatoms. The first-order valence-electron chi connectivity index (χ1n) is 6.84. The van der Waals surface area contributed by atoms with Crippen LogP contribution in [0, 0.1) is 13.8 Å². The third-order valence-corrected chi connectivity index (χ3v) is 6.02. The lowest BCUT2D eigenvalue weighted by Gasteiger charge is -2.20. The Morgan fingerprint density at radius 1 is 1.30 bits per heavy atom. The summed E-state index contributed by atoms with van der Waals surface area (Å²) in [5.41, 5.74) is 3.78. The lowest BCUT2D eigenvalue weighted by Crippen LogP contribution is -2.26. The molecule has 0 aliphatic carbocycles. The summed E-state index contributed by atoms with van der Waals surface area (Å²) in [5.74, 6) is 0.623. The van der Waals surface area contributed by atoms with E-state index in [1.807, 2.05) is 17.5 Å². The van der Waals surface area contributed by atoms with Crippen molar-refractivity contribution in [1.82, 2.24) is 5.32 Å². The Hall–Kier alpha value is -0.970. The summed E-state index contributed by atoms with van der Waals surface area (Å²) in [7, 11) is -0.942. The number of hydrogen-bond acceptors (Lipinski definition) is 3. The smallest absolute Gasteiger partial charge is 0.0911 e. The monoisotopic (exact) mass is 307 g/mol. The Morgan fingerprint density at radius 2 is 2.10 bits per heavy atom. The van der Waals surface area contributed by atoms with E-state index in [1.54, 1.807) is 11.3 Å². The highest BCUT2D eigenvalue weighted by molar-refractivity contribution is 7.87. The van der Waals surface area contributed by atoms with Crippen molar-refractivity contribution in [2.75, 3.05) is 12.3 Å². The molecule has 0 aliphatic rings. The van der Waals surface area contributed by atoms with Crippen molar-refractivity contribution in [2.45, 2.75) is 31.0 Å². The molecule has 20 heavy (non-hydrogen) atoms. The topological polar surface area (TPSA) is 29.1 Å². The maximum absolute atomic E-state index is 12.4. The summed E-state index contributed by atoms with van der Waals surface area (Å²) in [5, 5.41) is 5.44. The average Bonchev–Trinajstić information content (AvgIpc) is 2.92. The minimum atomic E-state index is -0.942. The van der Waals surface area contributed by atoms with Crippen molar-refractivity contribution in [3.05, 3.63) is 52.4 Å². The highest BCUT2D eigenvalue weighted by Crippen LogP contribution is 2.23. The van der Waals surface area contributed by atoms with Crippen LogP contribution >= 0.6 is 11.3 Å². The van der Waals surface area contributed by atoms with Crippen LogP contribution in [0.4, 0.5) is 0 Å². The second-order valence-electron chi connectivity index (χ2n) is 4.91. The molecule has 2 rings (SSSR count). The molecule has 2 nitrogen and oxygen atoms in total. The molecule has 0 fully saturated rings. The Labute approximate surface area is 127 Å². The Morgan fingerprint density at radius 3 is 2.70 bits per heavy atom. The molecule has 0 amide bonds. The predicted octanol–water partition coefficient (Wildman–Crippen LogP) is 3.82. The molecular weight excluding hydrogens is 286 g/mol. The van der Waals surface area contributed by atoms with Crippen molar-refractivity contribution < 1.29 is 4.21 Å². The van der Waals surface area contributed by atoms with Gasteiger partial charge in [0.15, 0.2) is 0 Å². The van der Waals surface area contributed by atoms with Gasteiger partial charge in [-0.05, 0) is 43.0 Å². The van der Waals surface area contributed by atoms with Crippen LogP contribution in [0.3, 0.4) is 0 Å². The standard InChI is InChI=1S/C16H21NOS2/c1-4-17-15(11-20(18)16-6-5-9-19-16)14-8-7-12(2)10-13(14)3/h5-10,15,17H,4,11H2,1-3H3. The molecule has 2 atom stereocenters. The molecule has 1 aromatic carbocycles. The van der Waals surface area contributed by atoms with Crippen LogP contribution in [0.1, 0.15) is 29.7 Å². The number of rotatable bonds is 6. The van der Waals surface area contributed by atoms with E-state index in [9.17, 15) is 4.21 Å². The Balaban J connectivity index is 2.20. The van der Waals surface area contributed by atoms with Crippen LogP contribution in [-0.4, -0.2) is 16.5 Å². The maximum Gasteiger partial charge on any atom is 0.0911 e. The summed E-state index contributed by atoms with van der Waals surface area (Å²) in [6.07, 6.45) is 0. The van der Waals surface area contributed by atoms with Gasteiger partial charge >= 0.3 is 0 Å². The van der Waals surface area contributed by atoms with E-state index in [0.717, 1.165) is 10.8 Å². The second kappa shape index (κ2) is 7.16. The molecular formula is C16H21NOS2. The van der Waals surface area contributed by atoms with Gasteiger partial charge in [-0.2, -0.15) is 0 Å². The first kappa shape index (κ1) is 15.4. The lowest BCUT2D eigenvalue weighted by molar-refractivity contribution is 0.592. The number of aryl methyl sites for hydroxylation is 2. The quantitative estimate of drug-likeness (QED) is 0.879. The Kier molecular flexibility index (Phi) is 5.52. The fourth-order valence-corrected chi connectivity index (χ4v) is 4.59. The largest absolute Gasteiger partial charge is 0.309 e. The molecule has 0 saturated carbocycles. The molecule has 0 bridgehead atoms. The molecule has 0 aliphatic heterocycles. The van der Waals surface area contributed by atoms with Gasteiger partial charge in [-0.1, -0.05) is 36.8 Å². The van der Waals surface area contributed by atoms with Crippen molar-refractivity contribution in [3.8, 4) is 0 Å². The highest BCUT2D eigenvalue weighted by Gasteiger charge is 2.17. The first-order valence-corrected chi connectivity index (χ1v) is 9.04. The molecule has 1 aromatic heterocycles. The van der Waals surface area contributed by atoms with Crippen LogP contribution in [0.2, 0.25) is 0 Å². The maximum atomic E-state index is 12.4. The number of benzene rings is 1. The second-order valence-corrected chi connectivity index (χ2v) is 7.58. The zero-order valence-corrected chi connectivity index (χ0v) is 13.8. The molecule has 0 saturated heterocycles. The normalized spacial score (nSPS) is 14.2. The molecule has 2 aromatic rings. The molecule has 108 valence electrons. The molecule has 1 heterocycles. The van der Waals surface area contributed by atoms with Crippen LogP contribution in [0.5, 0.6) is 0 Å². The van der Waals surface area contributed by atoms with E-state index in [4.69, 9.17) is 0 Å². The summed E-state index contributed by atoms with van der Waals surface area (Å²) in [6.45, 7) is 7.19. The van der Waals surface area contributed by atoms with Crippen LogP contribution in [0.25, 0.3) is 0 Å². The summed E-state index contributed by atoms with van der Waals surface area (Å²) in [4.78, 5) is 0. The van der Waals surface area contributed by atoms with Gasteiger partial charge in [-0.15, -0.1) is 11.3 Å². The summed E-state index contributed by atoms with van der Waals surface area (Å²) >= 11 is 1.57. The molecule has 1 N–H and O–H groups in total. The minimum Gasteiger partial charge on any atom is -0.309 e. The van der Waals surface area contributed by atoms with Gasteiger partial charge in [0.2, 0.25) is 0 Å². The average molecular weight is 307 g/mol. The van der Waals surface area contributed by atoms with E-state index in [-0.39, 0.29) is 6.04 Å². The van der Waals surface area contributed by atoms with E-state index < -0.39 is 10.8 Å². The van der Waals surface area contributed by atoms with Gasteiger partial charge in [0, 0.05) is 11.8 Å². The lowest BCUT2D eigenvalue weighted by atomic mass is 10.0. The minimum absolute atomic E-state index is 0.142. The van der Waals surface area contributed by atoms with Crippen molar-refractivity contribution in [2.24, 2.45) is 0 Å². The zero-order valence-electron chi connectivity index (χ0n) is 12.2. The van der Waals surface area contributed by atoms with Gasteiger partial charge in [0.1, 0.15) is 0 Å². The number of hydrogen-bond donors (Lipinski definition) is 1. The van der Waals surface area contributed by atoms with Gasteiger partial charge in [0.25, 0.3) is 0 Å². The summed E-state index contributed by atoms with van der Waals surface area (Å²) < 4.78 is 13.4. The van der Waals surface area contributed by atoms with Crippen molar-refractivity contribution in [1.29, 1.82) is 0 Å². The van der Waals surface area contributed by atoms with E-state index in [0.29, 0.717) is 5.75 Å². The fraction of sp³-hybridized carbons (Fsp3) is 0.375. The fourth-order valence-electron chi connectivity index (χ4n) is 2.35. The highest BCUT2D eigenvalue weighted by atomic mass is 32.2. The zero-order chi connectivity index (χ0) is 14.5. The van der Waals surface area contributed by atoms with Crippen molar-refractivity contribution in [3.63, 3.8) is 0 Å². The summed E-state index contributed by atoms with van der Waals surface area (Å²) in [6, 6.07) is 10.5. The van der Waals surface area contributed by atoms with E-state index in [1.165, 1.54) is 16.7 Å². The van der Waals surface area contributed by atoms with Crippen molar-refractivity contribution >= 4 is 22.1 Å². The van der Waals surface area contributed by atoms with Gasteiger partial charge < -0.3 is 5.32 Å². The van der Waals surface area contributed by atoms with Gasteiger partial charge in [-0.25, -0.2) is 0 Å². The third-order valence-electron chi connectivity index (χ3n) is 3.29.